The van der Waals surface area contributed by atoms with E-state index in [0.29, 0.717) is 17.5 Å². The molecule has 1 aliphatic rings. The molecule has 0 atom stereocenters. The summed E-state index contributed by atoms with van der Waals surface area (Å²) in [4.78, 5) is 19.5. The number of carbonyl (C=O) groups excluding carboxylic acids is 1. The summed E-state index contributed by atoms with van der Waals surface area (Å²) in [6.07, 6.45) is 7.07. The van der Waals surface area contributed by atoms with Crippen molar-refractivity contribution in [2.45, 2.75) is 44.6 Å². The number of halogens is 1. The van der Waals surface area contributed by atoms with Crippen LogP contribution in [0.2, 0.25) is 0 Å². The van der Waals surface area contributed by atoms with E-state index < -0.39 is 12.0 Å². The summed E-state index contributed by atoms with van der Waals surface area (Å²) in [7, 11) is 0. The van der Waals surface area contributed by atoms with Gasteiger partial charge in [0.2, 0.25) is 11.8 Å². The predicted molar refractivity (Wildman–Crippen MR) is 80.2 cm³/mol. The molecular formula is C15H18FN5O2. The molecule has 0 unspecified atom stereocenters. The third kappa shape index (κ3) is 4.24. The van der Waals surface area contributed by atoms with Crippen molar-refractivity contribution in [2.75, 3.05) is 5.32 Å². The van der Waals surface area contributed by atoms with E-state index in [9.17, 15) is 9.18 Å². The molecule has 0 bridgehead atoms. The van der Waals surface area contributed by atoms with Gasteiger partial charge in [-0.25, -0.2) is 9.78 Å². The summed E-state index contributed by atoms with van der Waals surface area (Å²) in [6, 6.07) is 2.15. The monoisotopic (exact) mass is 319 g/mol. The zero-order valence-corrected chi connectivity index (χ0v) is 12.6. The Morgan fingerprint density at radius 3 is 2.87 bits per heavy atom. The third-order valence-electron chi connectivity index (χ3n) is 3.84. The van der Waals surface area contributed by atoms with Crippen molar-refractivity contribution in [3.8, 4) is 0 Å². The van der Waals surface area contributed by atoms with E-state index in [1.807, 2.05) is 0 Å². The molecule has 0 saturated heterocycles. The molecule has 0 spiro atoms. The van der Waals surface area contributed by atoms with Gasteiger partial charge in [-0.15, -0.1) is 0 Å². The molecule has 0 aromatic carbocycles. The largest absolute Gasteiger partial charge is 0.337 e. The van der Waals surface area contributed by atoms with Gasteiger partial charge < -0.3 is 15.2 Å². The number of aromatic nitrogens is 3. The van der Waals surface area contributed by atoms with E-state index in [1.54, 1.807) is 0 Å². The average molecular weight is 319 g/mol. The van der Waals surface area contributed by atoms with Crippen LogP contribution in [0, 0.1) is 5.95 Å². The van der Waals surface area contributed by atoms with E-state index in [4.69, 9.17) is 4.52 Å². The minimum Gasteiger partial charge on any atom is -0.337 e. The third-order valence-corrected chi connectivity index (χ3v) is 3.84. The highest BCUT2D eigenvalue weighted by molar-refractivity contribution is 5.88. The number of anilines is 1. The maximum absolute atomic E-state index is 12.7. The van der Waals surface area contributed by atoms with Crippen LogP contribution >= 0.6 is 0 Å². The number of nitrogens with one attached hydrogen (secondary N) is 2. The van der Waals surface area contributed by atoms with Gasteiger partial charge in [0.25, 0.3) is 0 Å². The molecule has 2 amide bonds. The summed E-state index contributed by atoms with van der Waals surface area (Å²) in [5.41, 5.74) is 0.400. The van der Waals surface area contributed by atoms with E-state index in [0.717, 1.165) is 18.7 Å². The van der Waals surface area contributed by atoms with Crippen molar-refractivity contribution in [3.63, 3.8) is 0 Å². The Hall–Kier alpha value is -2.51. The number of urea groups is 1. The summed E-state index contributed by atoms with van der Waals surface area (Å²) in [5.74, 6) is 0.861. The van der Waals surface area contributed by atoms with Crippen LogP contribution in [-0.4, -0.2) is 21.2 Å². The average Bonchev–Trinajstić information content (AvgIpc) is 3.05. The first kappa shape index (κ1) is 15.4. The van der Waals surface area contributed by atoms with Crippen LogP contribution in [0.5, 0.6) is 0 Å². The minimum absolute atomic E-state index is 0.139. The fourth-order valence-electron chi connectivity index (χ4n) is 2.65. The lowest BCUT2D eigenvalue weighted by atomic mass is 9.89. The van der Waals surface area contributed by atoms with Crippen LogP contribution < -0.4 is 10.6 Å². The first-order valence-electron chi connectivity index (χ1n) is 7.69. The Morgan fingerprint density at radius 2 is 2.13 bits per heavy atom. The van der Waals surface area contributed by atoms with Crippen molar-refractivity contribution < 1.29 is 13.7 Å². The lowest BCUT2D eigenvalue weighted by molar-refractivity contribution is 0.249. The predicted octanol–water partition coefficient (Wildman–Crippen LogP) is 2.97. The van der Waals surface area contributed by atoms with E-state index in [2.05, 4.69) is 25.8 Å². The molecule has 2 heterocycles. The first-order valence-corrected chi connectivity index (χ1v) is 7.69. The number of hydrogen-bond acceptors (Lipinski definition) is 5. The molecule has 1 aliphatic carbocycles. The standard InChI is InChI=1S/C15H18FN5O2/c16-12-7-6-11(8-17-12)19-15(22)18-9-13-20-14(21-23-13)10-4-2-1-3-5-10/h6-8,10H,1-5,9H2,(H2,18,19,22). The Balaban J connectivity index is 1.49. The molecule has 2 aromatic heterocycles. The second-order valence-corrected chi connectivity index (χ2v) is 5.56. The number of nitrogens with zero attached hydrogens (tertiary/aromatic N) is 3. The van der Waals surface area contributed by atoms with E-state index in [1.165, 1.54) is 37.6 Å². The van der Waals surface area contributed by atoms with E-state index >= 15 is 0 Å². The Bertz CT molecular complexity index is 652. The molecule has 1 saturated carbocycles. The number of hydrogen-bond donors (Lipinski definition) is 2. The maximum atomic E-state index is 12.7. The molecule has 2 N–H and O–H groups in total. The fourth-order valence-corrected chi connectivity index (χ4v) is 2.65. The summed E-state index contributed by atoms with van der Waals surface area (Å²) >= 11 is 0. The molecule has 122 valence electrons. The fraction of sp³-hybridized carbons (Fsp3) is 0.467. The molecule has 2 aromatic rings. The summed E-state index contributed by atoms with van der Waals surface area (Å²) in [6.45, 7) is 0.139. The van der Waals surface area contributed by atoms with Crippen LogP contribution in [0.1, 0.15) is 49.7 Å². The van der Waals surface area contributed by atoms with Crippen LogP contribution in [0.4, 0.5) is 14.9 Å². The highest BCUT2D eigenvalue weighted by Gasteiger charge is 2.20. The topological polar surface area (TPSA) is 92.9 Å². The molecule has 8 heteroatoms. The molecule has 0 aliphatic heterocycles. The molecule has 7 nitrogen and oxygen atoms in total. The second kappa shape index (κ2) is 7.17. The Kier molecular flexibility index (Phi) is 4.80. The zero-order valence-electron chi connectivity index (χ0n) is 12.6. The Morgan fingerprint density at radius 1 is 1.30 bits per heavy atom. The van der Waals surface area contributed by atoms with Crippen LogP contribution in [0.15, 0.2) is 22.9 Å². The number of amides is 2. The second-order valence-electron chi connectivity index (χ2n) is 5.56. The SMILES string of the molecule is O=C(NCc1nc(C2CCCCC2)no1)Nc1ccc(F)nc1. The van der Waals surface area contributed by atoms with Crippen LogP contribution in [-0.2, 0) is 6.54 Å². The molecule has 1 fully saturated rings. The minimum atomic E-state index is -0.600. The first-order chi connectivity index (χ1) is 11.2. The Labute approximate surface area is 132 Å². The maximum Gasteiger partial charge on any atom is 0.319 e. The normalized spacial score (nSPS) is 15.3. The van der Waals surface area contributed by atoms with Gasteiger partial charge >= 0.3 is 6.03 Å². The van der Waals surface area contributed by atoms with E-state index in [-0.39, 0.29) is 6.54 Å². The van der Waals surface area contributed by atoms with Crippen LogP contribution in [0.3, 0.4) is 0 Å². The molecule has 23 heavy (non-hydrogen) atoms. The van der Waals surface area contributed by atoms with Gasteiger partial charge in [-0.05, 0) is 25.0 Å². The summed E-state index contributed by atoms with van der Waals surface area (Å²) in [5, 5.41) is 9.15. The summed E-state index contributed by atoms with van der Waals surface area (Å²) < 4.78 is 17.9. The van der Waals surface area contributed by atoms with Crippen LogP contribution in [0.25, 0.3) is 0 Å². The van der Waals surface area contributed by atoms with Gasteiger partial charge in [0.05, 0.1) is 18.4 Å². The highest BCUT2D eigenvalue weighted by Crippen LogP contribution is 2.30. The quantitative estimate of drug-likeness (QED) is 0.845. The number of pyridine rings is 1. The van der Waals surface area contributed by atoms with Gasteiger partial charge in [0.15, 0.2) is 5.82 Å². The zero-order chi connectivity index (χ0) is 16.1. The lowest BCUT2D eigenvalue weighted by Gasteiger charge is -2.17. The highest BCUT2D eigenvalue weighted by atomic mass is 19.1. The van der Waals surface area contributed by atoms with Gasteiger partial charge in [0, 0.05) is 5.92 Å². The number of carbonyl (C=O) groups is 1. The van der Waals surface area contributed by atoms with Crippen molar-refractivity contribution in [3.05, 3.63) is 36.0 Å². The molecule has 0 radical (unpaired) electrons. The van der Waals surface area contributed by atoms with Gasteiger partial charge in [0.1, 0.15) is 0 Å². The smallest absolute Gasteiger partial charge is 0.319 e. The molecule has 3 rings (SSSR count). The van der Waals surface area contributed by atoms with Gasteiger partial charge in [-0.1, -0.05) is 24.4 Å². The van der Waals surface area contributed by atoms with Crippen molar-refractivity contribution in [2.24, 2.45) is 0 Å². The van der Waals surface area contributed by atoms with Gasteiger partial charge in [-0.3, -0.25) is 0 Å². The number of rotatable bonds is 4. The van der Waals surface area contributed by atoms with Crippen molar-refractivity contribution in [1.82, 2.24) is 20.4 Å². The molecular weight excluding hydrogens is 301 g/mol. The van der Waals surface area contributed by atoms with Crippen molar-refractivity contribution >= 4 is 11.7 Å². The van der Waals surface area contributed by atoms with Crippen molar-refractivity contribution in [1.29, 1.82) is 0 Å². The van der Waals surface area contributed by atoms with Gasteiger partial charge in [-0.2, -0.15) is 9.37 Å². The lowest BCUT2D eigenvalue weighted by Crippen LogP contribution is -2.28.